The van der Waals surface area contributed by atoms with E-state index in [4.69, 9.17) is 10.2 Å². The largest absolute Gasteiger partial charge is 0.487 e. The van der Waals surface area contributed by atoms with Crippen molar-refractivity contribution in [2.45, 2.75) is 26.2 Å². The zero-order valence-electron chi connectivity index (χ0n) is 10.2. The zero-order chi connectivity index (χ0) is 14.0. The van der Waals surface area contributed by atoms with Gasteiger partial charge in [-0.2, -0.15) is 0 Å². The van der Waals surface area contributed by atoms with Gasteiger partial charge in [0, 0.05) is 5.69 Å². The topological polar surface area (TPSA) is 78.5 Å². The molecular weight excluding hydrogens is 268 g/mol. The summed E-state index contributed by atoms with van der Waals surface area (Å²) < 4.78 is 0. The fraction of sp³-hybridized carbons (Fsp3) is 0.333. The van der Waals surface area contributed by atoms with Gasteiger partial charge in [0.1, 0.15) is 0 Å². The number of rotatable bonds is 4. The molecule has 0 saturated heterocycles. The van der Waals surface area contributed by atoms with E-state index in [-0.39, 0.29) is 5.17 Å². The number of aliphatic hydroxyl groups excluding tert-OH is 2. The van der Waals surface area contributed by atoms with E-state index in [9.17, 15) is 0 Å². The van der Waals surface area contributed by atoms with Crippen LogP contribution in [0.2, 0.25) is 0 Å². The van der Waals surface area contributed by atoms with Crippen LogP contribution in [-0.2, 0) is 6.42 Å². The number of hydrogen-bond acceptors (Lipinski definition) is 2. The van der Waals surface area contributed by atoms with Crippen LogP contribution in [-0.4, -0.2) is 20.6 Å². The average Bonchev–Trinajstić information content (AvgIpc) is 2.26. The van der Waals surface area contributed by atoms with Gasteiger partial charge in [-0.3, -0.25) is 0 Å². The van der Waals surface area contributed by atoms with Crippen LogP contribution >= 0.6 is 24.4 Å². The van der Waals surface area contributed by atoms with Gasteiger partial charge >= 0.3 is 0 Å². The number of hydrogen-bond donors (Lipinski definition) is 4. The third-order valence-electron chi connectivity index (χ3n) is 2.06. The Labute approximate surface area is 118 Å². The summed E-state index contributed by atoms with van der Waals surface area (Å²) in [5, 5.41) is 18.6. The van der Waals surface area contributed by atoms with Crippen LogP contribution in [0, 0.1) is 0 Å². The van der Waals surface area contributed by atoms with Gasteiger partial charge in [0.05, 0.1) is 0 Å². The molecule has 0 unspecified atom stereocenters. The second kappa shape index (κ2) is 9.61. The molecule has 0 fully saturated rings. The van der Waals surface area contributed by atoms with Crippen LogP contribution in [0.5, 0.6) is 0 Å². The quantitative estimate of drug-likeness (QED) is 0.637. The van der Waals surface area contributed by atoms with Crippen LogP contribution in [0.1, 0.15) is 25.3 Å². The second-order valence-corrected chi connectivity index (χ2v) is 4.33. The fourth-order valence-corrected chi connectivity index (χ4v) is 1.45. The molecule has 5 N–H and O–H groups in total. The molecule has 0 aliphatic rings. The van der Waals surface area contributed by atoms with Crippen LogP contribution < -0.4 is 11.1 Å². The van der Waals surface area contributed by atoms with Crippen molar-refractivity contribution in [2.75, 3.05) is 5.32 Å². The Kier molecular flexibility index (Phi) is 8.86. The maximum absolute atomic E-state index is 8.98. The van der Waals surface area contributed by atoms with Gasteiger partial charge in [0.25, 0.3) is 10.3 Å². The third kappa shape index (κ3) is 8.72. The Morgan fingerprint density at radius 1 is 1.28 bits per heavy atom. The molecule has 0 aromatic heterocycles. The van der Waals surface area contributed by atoms with Crippen LogP contribution in [0.25, 0.3) is 0 Å². The maximum Gasteiger partial charge on any atom is 0.258 e. The Bertz CT molecular complexity index is 393. The minimum absolute atomic E-state index is 0.172. The summed E-state index contributed by atoms with van der Waals surface area (Å²) in [7, 11) is 0. The highest BCUT2D eigenvalue weighted by Crippen LogP contribution is 2.17. The van der Waals surface area contributed by atoms with Gasteiger partial charge < -0.3 is 21.3 Å². The lowest BCUT2D eigenvalue weighted by molar-refractivity contribution is 0.560. The first-order chi connectivity index (χ1) is 8.47. The lowest BCUT2D eigenvalue weighted by Crippen LogP contribution is -2.08. The SMILES string of the molecule is CCCCc1ccccc1NC(O)=S.NC(O)=S. The van der Waals surface area contributed by atoms with Gasteiger partial charge in [0.2, 0.25) is 0 Å². The van der Waals surface area contributed by atoms with E-state index < -0.39 is 5.17 Å². The van der Waals surface area contributed by atoms with Gasteiger partial charge in [-0.25, -0.2) is 0 Å². The first-order valence-corrected chi connectivity index (χ1v) is 6.35. The standard InChI is InChI=1S/C11H15NOS.CH3NOS/c1-2-3-6-9-7-4-5-8-10(9)12-11(13)14;2-1(3)4/h4-5,7-8H,2-3,6H2,1H3,(H2,12,13,14);(H3,2,3,4). The smallest absolute Gasteiger partial charge is 0.258 e. The van der Waals surface area contributed by atoms with Crippen molar-refractivity contribution in [1.29, 1.82) is 0 Å². The molecule has 0 atom stereocenters. The Morgan fingerprint density at radius 2 is 1.83 bits per heavy atom. The predicted octanol–water partition coefficient (Wildman–Crippen LogP) is 3.07. The molecule has 4 nitrogen and oxygen atoms in total. The lowest BCUT2D eigenvalue weighted by atomic mass is 10.1. The molecule has 1 rings (SSSR count). The van der Waals surface area contributed by atoms with E-state index in [0.717, 1.165) is 24.9 Å². The number of aryl methyl sites for hydroxylation is 1. The van der Waals surface area contributed by atoms with E-state index in [1.165, 1.54) is 5.56 Å². The molecule has 18 heavy (non-hydrogen) atoms. The molecule has 0 amide bonds. The van der Waals surface area contributed by atoms with E-state index >= 15 is 0 Å². The van der Waals surface area contributed by atoms with Crippen molar-refractivity contribution >= 4 is 40.5 Å². The predicted molar refractivity (Wildman–Crippen MR) is 83.3 cm³/mol. The van der Waals surface area contributed by atoms with Gasteiger partial charge in [-0.1, -0.05) is 31.5 Å². The summed E-state index contributed by atoms with van der Waals surface area (Å²) in [6.45, 7) is 2.16. The van der Waals surface area contributed by atoms with E-state index in [0.29, 0.717) is 0 Å². The summed E-state index contributed by atoms with van der Waals surface area (Å²) in [4.78, 5) is 0. The average molecular weight is 286 g/mol. The number of nitrogens with one attached hydrogen (secondary N) is 1. The maximum atomic E-state index is 8.98. The summed E-state index contributed by atoms with van der Waals surface area (Å²) in [5.41, 5.74) is 6.51. The highest BCUT2D eigenvalue weighted by atomic mass is 32.1. The Balaban J connectivity index is 0.000000631. The zero-order valence-corrected chi connectivity index (χ0v) is 11.9. The number of aliphatic hydroxyl groups is 2. The Hall–Kier alpha value is -1.40. The first-order valence-electron chi connectivity index (χ1n) is 5.53. The van der Waals surface area contributed by atoms with Gasteiger partial charge in [-0.05, 0) is 48.9 Å². The minimum atomic E-state index is -0.500. The fourth-order valence-electron chi connectivity index (χ4n) is 1.34. The molecule has 100 valence electrons. The van der Waals surface area contributed by atoms with Crippen molar-refractivity contribution in [3.05, 3.63) is 29.8 Å². The molecule has 0 aliphatic carbocycles. The lowest BCUT2D eigenvalue weighted by Gasteiger charge is -2.09. The van der Waals surface area contributed by atoms with Crippen LogP contribution in [0.15, 0.2) is 24.3 Å². The summed E-state index contributed by atoms with van der Waals surface area (Å²) in [6.07, 6.45) is 3.33. The monoisotopic (exact) mass is 286 g/mol. The van der Waals surface area contributed by atoms with Gasteiger partial charge in [0.15, 0.2) is 0 Å². The summed E-state index contributed by atoms with van der Waals surface area (Å²) >= 11 is 8.46. The van der Waals surface area contributed by atoms with Crippen molar-refractivity contribution in [1.82, 2.24) is 0 Å². The first kappa shape index (κ1) is 16.6. The minimum Gasteiger partial charge on any atom is -0.487 e. The number of anilines is 1. The summed E-state index contributed by atoms with van der Waals surface area (Å²) in [6, 6.07) is 7.90. The highest BCUT2D eigenvalue weighted by Gasteiger charge is 2.01. The number of unbranched alkanes of at least 4 members (excludes halogenated alkanes) is 1. The normalized spacial score (nSPS) is 8.94. The number of nitrogens with two attached hydrogens (primary N) is 1. The molecule has 0 aliphatic heterocycles. The summed E-state index contributed by atoms with van der Waals surface area (Å²) in [5.74, 6) is 0. The van der Waals surface area contributed by atoms with Crippen molar-refractivity contribution in [3.63, 3.8) is 0 Å². The second-order valence-electron chi connectivity index (χ2n) is 3.53. The van der Waals surface area contributed by atoms with Crippen molar-refractivity contribution in [2.24, 2.45) is 5.73 Å². The highest BCUT2D eigenvalue weighted by molar-refractivity contribution is 7.80. The molecule has 1 aromatic carbocycles. The molecule has 0 saturated carbocycles. The van der Waals surface area contributed by atoms with Crippen molar-refractivity contribution < 1.29 is 10.2 Å². The molecular formula is C12H18N2O2S2. The van der Waals surface area contributed by atoms with Crippen LogP contribution in [0.4, 0.5) is 5.69 Å². The molecule has 0 spiro atoms. The molecule has 1 aromatic rings. The van der Waals surface area contributed by atoms with Gasteiger partial charge in [-0.15, -0.1) is 0 Å². The van der Waals surface area contributed by atoms with Crippen molar-refractivity contribution in [3.8, 4) is 0 Å². The van der Waals surface area contributed by atoms with E-state index in [2.05, 4.69) is 48.5 Å². The molecule has 0 heterocycles. The van der Waals surface area contributed by atoms with E-state index in [1.54, 1.807) is 0 Å². The number of benzene rings is 1. The number of para-hydroxylation sites is 1. The molecule has 6 heteroatoms. The molecule has 0 bridgehead atoms. The van der Waals surface area contributed by atoms with E-state index in [1.807, 2.05) is 18.2 Å². The molecule has 0 radical (unpaired) electrons. The van der Waals surface area contributed by atoms with Crippen LogP contribution in [0.3, 0.4) is 0 Å². The third-order valence-corrected chi connectivity index (χ3v) is 2.16. The Morgan fingerprint density at radius 3 is 2.33 bits per heavy atom. The number of thiocarbonyl (C=S) groups is 2.